The molecule has 1 amide bonds. The lowest BCUT2D eigenvalue weighted by Crippen LogP contribution is -2.24. The molecular formula is C6H10NO2S+. The topological polar surface area (TPSA) is 46.2 Å². The van der Waals surface area contributed by atoms with Gasteiger partial charge >= 0.3 is 11.7 Å². The third kappa shape index (κ3) is 1.73. The fraction of sp³-hybridized carbons (Fsp3) is 0.833. The molecule has 1 rings (SSSR count). The third-order valence-corrected chi connectivity index (χ3v) is 2.52. The van der Waals surface area contributed by atoms with Crippen molar-refractivity contribution in [1.29, 1.82) is 0 Å². The van der Waals surface area contributed by atoms with Crippen molar-refractivity contribution >= 4 is 18.1 Å². The molecule has 0 aromatic heterocycles. The second kappa shape index (κ2) is 3.61. The average molecular weight is 160 g/mol. The standard InChI is InChI=1S/C6H9NO2S/c8-4-7-5-1-2-6(3-5)10-9/h4-6H,1-3H2/p+1. The van der Waals surface area contributed by atoms with Crippen LogP contribution >= 0.6 is 0 Å². The zero-order valence-corrected chi connectivity index (χ0v) is 6.39. The van der Waals surface area contributed by atoms with Crippen molar-refractivity contribution in [3.05, 3.63) is 0 Å². The summed E-state index contributed by atoms with van der Waals surface area (Å²) in [5.74, 6) is 0. The Balaban J connectivity index is 2.27. The number of rotatable bonds is 3. The summed E-state index contributed by atoms with van der Waals surface area (Å²) in [7, 11) is 0. The van der Waals surface area contributed by atoms with Crippen LogP contribution in [0, 0.1) is 0 Å². The molecular weight excluding hydrogens is 150 g/mol. The Morgan fingerprint density at radius 2 is 2.30 bits per heavy atom. The summed E-state index contributed by atoms with van der Waals surface area (Å²) in [5.41, 5.74) is 0. The second-order valence-corrected chi connectivity index (χ2v) is 3.37. The monoisotopic (exact) mass is 160 g/mol. The number of hydrogen-bond donors (Lipinski definition) is 1. The minimum absolute atomic E-state index is 0.220. The van der Waals surface area contributed by atoms with Crippen LogP contribution in [0.3, 0.4) is 0 Å². The van der Waals surface area contributed by atoms with Crippen LogP contribution < -0.4 is 5.32 Å². The quantitative estimate of drug-likeness (QED) is 0.469. The van der Waals surface area contributed by atoms with Gasteiger partial charge in [-0.2, -0.15) is 0 Å². The summed E-state index contributed by atoms with van der Waals surface area (Å²) in [6.45, 7) is 0. The smallest absolute Gasteiger partial charge is 0.356 e. The van der Waals surface area contributed by atoms with E-state index in [1.807, 2.05) is 0 Å². The van der Waals surface area contributed by atoms with Crippen molar-refractivity contribution in [2.24, 2.45) is 0 Å². The largest absolute Gasteiger partial charge is 0.462 e. The lowest BCUT2D eigenvalue weighted by Gasteiger charge is -2.02. The molecule has 3 nitrogen and oxygen atoms in total. The molecule has 0 heterocycles. The first-order valence-corrected chi connectivity index (χ1v) is 4.15. The summed E-state index contributed by atoms with van der Waals surface area (Å²) in [6, 6.07) is 0.254. The Bertz CT molecular complexity index is 140. The van der Waals surface area contributed by atoms with Gasteiger partial charge in [-0.25, -0.2) is 0 Å². The van der Waals surface area contributed by atoms with Crippen LogP contribution in [0.5, 0.6) is 0 Å². The molecule has 0 aliphatic heterocycles. The molecule has 2 unspecified atom stereocenters. The van der Waals surface area contributed by atoms with Crippen LogP contribution in [0.4, 0.5) is 0 Å². The van der Waals surface area contributed by atoms with Gasteiger partial charge in [0, 0.05) is 23.1 Å². The van der Waals surface area contributed by atoms with Gasteiger partial charge in [-0.1, -0.05) is 0 Å². The molecule has 1 fully saturated rings. The van der Waals surface area contributed by atoms with Crippen LogP contribution in [-0.4, -0.2) is 17.7 Å². The first-order valence-electron chi connectivity index (χ1n) is 3.35. The van der Waals surface area contributed by atoms with Crippen LogP contribution in [-0.2, 0) is 20.7 Å². The predicted molar refractivity (Wildman–Crippen MR) is 38.7 cm³/mol. The van der Waals surface area contributed by atoms with Crippen LogP contribution in [0.25, 0.3) is 0 Å². The van der Waals surface area contributed by atoms with Gasteiger partial charge in [0.05, 0.1) is 0 Å². The van der Waals surface area contributed by atoms with E-state index >= 15 is 0 Å². The number of carbonyl (C=O) groups is 1. The average Bonchev–Trinajstić information content (AvgIpc) is 2.37. The Morgan fingerprint density at radius 1 is 1.50 bits per heavy atom. The summed E-state index contributed by atoms with van der Waals surface area (Å²) < 4.78 is 10.3. The number of carbonyl (C=O) groups excluding carboxylic acids is 1. The van der Waals surface area contributed by atoms with Crippen LogP contribution in [0.2, 0.25) is 0 Å². The van der Waals surface area contributed by atoms with Crippen molar-refractivity contribution in [1.82, 2.24) is 5.32 Å². The Kier molecular flexibility index (Phi) is 2.74. The molecule has 0 radical (unpaired) electrons. The van der Waals surface area contributed by atoms with Crippen molar-refractivity contribution < 1.29 is 9.00 Å². The molecule has 2 atom stereocenters. The van der Waals surface area contributed by atoms with Gasteiger partial charge < -0.3 is 5.32 Å². The van der Waals surface area contributed by atoms with E-state index in [0.29, 0.717) is 18.1 Å². The van der Waals surface area contributed by atoms with Gasteiger partial charge in [0.25, 0.3) is 0 Å². The Morgan fingerprint density at radius 3 is 2.80 bits per heavy atom. The van der Waals surface area contributed by atoms with Gasteiger partial charge in [0.1, 0.15) is 0 Å². The lowest BCUT2D eigenvalue weighted by molar-refractivity contribution is -0.110. The number of amides is 1. The summed E-state index contributed by atoms with van der Waals surface area (Å²) in [6.07, 6.45) is 3.45. The number of hydrogen-bond acceptors (Lipinski definition) is 2. The van der Waals surface area contributed by atoms with E-state index in [2.05, 4.69) is 5.32 Å². The highest BCUT2D eigenvalue weighted by atomic mass is 32.1. The number of nitrogens with one attached hydrogen (secondary N) is 1. The van der Waals surface area contributed by atoms with E-state index in [4.69, 9.17) is 0 Å². The highest BCUT2D eigenvalue weighted by molar-refractivity contribution is 7.66. The Hall–Kier alpha value is -0.510. The molecule has 56 valence electrons. The van der Waals surface area contributed by atoms with Crippen molar-refractivity contribution in [3.8, 4) is 0 Å². The van der Waals surface area contributed by atoms with E-state index in [0.717, 1.165) is 19.3 Å². The van der Waals surface area contributed by atoms with Crippen molar-refractivity contribution in [3.63, 3.8) is 0 Å². The lowest BCUT2D eigenvalue weighted by atomic mass is 10.3. The minimum atomic E-state index is 0.220. The molecule has 1 saturated carbocycles. The first kappa shape index (κ1) is 7.60. The highest BCUT2D eigenvalue weighted by Gasteiger charge is 2.33. The van der Waals surface area contributed by atoms with Gasteiger partial charge in [-0.3, -0.25) is 4.79 Å². The second-order valence-electron chi connectivity index (χ2n) is 2.51. The molecule has 0 saturated heterocycles. The van der Waals surface area contributed by atoms with Gasteiger partial charge in [-0.15, -0.1) is 0 Å². The highest BCUT2D eigenvalue weighted by Crippen LogP contribution is 2.19. The van der Waals surface area contributed by atoms with Crippen LogP contribution in [0.15, 0.2) is 0 Å². The maximum absolute atomic E-state index is 10.3. The normalized spacial score (nSPS) is 31.6. The third-order valence-electron chi connectivity index (χ3n) is 1.82. The zero-order chi connectivity index (χ0) is 7.40. The molecule has 0 bridgehead atoms. The van der Waals surface area contributed by atoms with E-state index in [1.54, 1.807) is 0 Å². The molecule has 4 heteroatoms. The predicted octanol–water partition coefficient (Wildman–Crippen LogP) is 0.0816. The van der Waals surface area contributed by atoms with Crippen molar-refractivity contribution in [2.45, 2.75) is 30.6 Å². The Labute approximate surface area is 63.7 Å². The molecule has 0 aromatic carbocycles. The fourth-order valence-electron chi connectivity index (χ4n) is 1.28. The van der Waals surface area contributed by atoms with E-state index in [-0.39, 0.29) is 11.3 Å². The zero-order valence-electron chi connectivity index (χ0n) is 5.58. The van der Waals surface area contributed by atoms with E-state index in [1.165, 1.54) is 0 Å². The summed E-state index contributed by atoms with van der Waals surface area (Å²) in [4.78, 5) is 9.96. The molecule has 0 aromatic rings. The molecule has 1 aliphatic carbocycles. The summed E-state index contributed by atoms with van der Waals surface area (Å²) in [5, 5.41) is 2.90. The molecule has 10 heavy (non-hydrogen) atoms. The van der Waals surface area contributed by atoms with Gasteiger partial charge in [0.2, 0.25) is 11.7 Å². The van der Waals surface area contributed by atoms with E-state index < -0.39 is 0 Å². The van der Waals surface area contributed by atoms with Crippen LogP contribution in [0.1, 0.15) is 19.3 Å². The molecule has 1 N–H and O–H groups in total. The van der Waals surface area contributed by atoms with Crippen molar-refractivity contribution in [2.75, 3.05) is 0 Å². The fourth-order valence-corrected chi connectivity index (χ4v) is 1.82. The maximum atomic E-state index is 10.3. The SMILES string of the molecule is O=CNC1CCC([S+]=O)C1. The minimum Gasteiger partial charge on any atom is -0.356 e. The van der Waals surface area contributed by atoms with Gasteiger partial charge in [-0.05, 0) is 6.42 Å². The van der Waals surface area contributed by atoms with Gasteiger partial charge in [0.15, 0.2) is 0 Å². The summed E-state index contributed by atoms with van der Waals surface area (Å²) >= 11 is 0.656. The van der Waals surface area contributed by atoms with E-state index in [9.17, 15) is 9.00 Å². The maximum Gasteiger partial charge on any atom is 0.462 e. The first-order chi connectivity index (χ1) is 4.86. The molecule has 1 aliphatic rings. The molecule has 0 spiro atoms.